The minimum atomic E-state index is -0.137. The van der Waals surface area contributed by atoms with Crippen LogP contribution in [0.15, 0.2) is 53.7 Å². The maximum Gasteiger partial charge on any atom is 0.234 e. The third kappa shape index (κ3) is 5.35. The lowest BCUT2D eigenvalue weighted by Crippen LogP contribution is -2.18. The van der Waals surface area contributed by atoms with Gasteiger partial charge in [0.2, 0.25) is 5.91 Å². The molecule has 0 spiro atoms. The smallest absolute Gasteiger partial charge is 0.234 e. The number of rotatable bonds is 7. The summed E-state index contributed by atoms with van der Waals surface area (Å²) in [6.45, 7) is 1.41. The van der Waals surface area contributed by atoms with Crippen LogP contribution >= 0.6 is 35.0 Å². The second-order valence-electron chi connectivity index (χ2n) is 6.91. The molecule has 1 saturated heterocycles. The molecule has 2 heterocycles. The van der Waals surface area contributed by atoms with E-state index < -0.39 is 0 Å². The first-order valence-corrected chi connectivity index (χ1v) is 11.3. The fraction of sp³-hybridized carbons (Fsp3) is 0.286. The highest BCUT2D eigenvalue weighted by Crippen LogP contribution is 2.27. The summed E-state index contributed by atoms with van der Waals surface area (Å²) in [5.74, 6) is 0.804. The number of hydrogen-bond donors (Lipinski definition) is 1. The van der Waals surface area contributed by atoms with E-state index in [0.29, 0.717) is 27.4 Å². The van der Waals surface area contributed by atoms with Crippen molar-refractivity contribution in [1.82, 2.24) is 14.8 Å². The third-order valence-corrected chi connectivity index (χ3v) is 6.12. The SMILES string of the molecule is O=C(CSc1nnc(-c2ccc(Cl)cc2)n1C[C@@H]1CCCO1)Nc1cccc(Cl)c1. The third-order valence-electron chi connectivity index (χ3n) is 4.67. The fourth-order valence-corrected chi connectivity index (χ4v) is 4.32. The van der Waals surface area contributed by atoms with E-state index in [0.717, 1.165) is 30.8 Å². The molecule has 0 radical (unpaired) electrons. The predicted octanol–water partition coefficient (Wildman–Crippen LogP) is 5.16. The Morgan fingerprint density at radius 2 is 2.00 bits per heavy atom. The molecule has 1 aliphatic rings. The van der Waals surface area contributed by atoms with Crippen molar-refractivity contribution in [2.45, 2.75) is 30.6 Å². The zero-order valence-corrected chi connectivity index (χ0v) is 18.4. The molecule has 0 unspecified atom stereocenters. The molecule has 30 heavy (non-hydrogen) atoms. The molecule has 6 nitrogen and oxygen atoms in total. The van der Waals surface area contributed by atoms with Gasteiger partial charge in [-0.25, -0.2) is 0 Å². The van der Waals surface area contributed by atoms with Crippen molar-refractivity contribution < 1.29 is 9.53 Å². The number of carbonyl (C=O) groups is 1. The Bertz CT molecular complexity index is 1020. The molecule has 0 aliphatic carbocycles. The van der Waals surface area contributed by atoms with E-state index in [-0.39, 0.29) is 17.8 Å². The van der Waals surface area contributed by atoms with Crippen molar-refractivity contribution in [3.63, 3.8) is 0 Å². The van der Waals surface area contributed by atoms with Crippen LogP contribution in [-0.2, 0) is 16.1 Å². The summed E-state index contributed by atoms with van der Waals surface area (Å²) in [6, 6.07) is 14.5. The standard InChI is InChI=1S/C21H20Cl2N4O2S/c22-15-8-6-14(7-9-15)20-25-26-21(27(20)12-18-5-2-10-29-18)30-13-19(28)24-17-4-1-3-16(23)11-17/h1,3-4,6-9,11,18H,2,5,10,12-13H2,(H,24,28)/t18-/m0/s1. The molecule has 4 rings (SSSR count). The normalized spacial score (nSPS) is 16.0. The summed E-state index contributed by atoms with van der Waals surface area (Å²) >= 11 is 13.3. The lowest BCUT2D eigenvalue weighted by molar-refractivity contribution is -0.113. The minimum absolute atomic E-state index is 0.117. The average molecular weight is 463 g/mol. The van der Waals surface area contributed by atoms with Gasteiger partial charge in [-0.3, -0.25) is 9.36 Å². The van der Waals surface area contributed by atoms with Crippen molar-refractivity contribution in [2.75, 3.05) is 17.7 Å². The Kier molecular flexibility index (Phi) is 6.94. The summed E-state index contributed by atoms with van der Waals surface area (Å²) in [4.78, 5) is 12.4. The number of carbonyl (C=O) groups excluding carboxylic acids is 1. The number of halogens is 2. The highest BCUT2D eigenvalue weighted by molar-refractivity contribution is 7.99. The lowest BCUT2D eigenvalue weighted by Gasteiger charge is -2.14. The molecule has 1 amide bonds. The monoisotopic (exact) mass is 462 g/mol. The van der Waals surface area contributed by atoms with E-state index in [2.05, 4.69) is 15.5 Å². The van der Waals surface area contributed by atoms with Gasteiger partial charge in [0.1, 0.15) is 0 Å². The van der Waals surface area contributed by atoms with E-state index >= 15 is 0 Å². The maximum atomic E-state index is 12.4. The molecule has 1 fully saturated rings. The van der Waals surface area contributed by atoms with Gasteiger partial charge in [0.25, 0.3) is 0 Å². The van der Waals surface area contributed by atoms with Gasteiger partial charge in [0.15, 0.2) is 11.0 Å². The zero-order valence-electron chi connectivity index (χ0n) is 16.1. The highest BCUT2D eigenvalue weighted by Gasteiger charge is 2.22. The Morgan fingerprint density at radius 3 is 2.73 bits per heavy atom. The predicted molar refractivity (Wildman–Crippen MR) is 120 cm³/mol. The lowest BCUT2D eigenvalue weighted by atomic mass is 10.2. The number of nitrogens with zero attached hydrogens (tertiary/aromatic N) is 3. The first-order valence-electron chi connectivity index (χ1n) is 9.57. The molecule has 2 aromatic carbocycles. The van der Waals surface area contributed by atoms with Gasteiger partial charge < -0.3 is 10.1 Å². The number of amides is 1. The Labute approximate surface area is 188 Å². The van der Waals surface area contributed by atoms with E-state index in [1.165, 1.54) is 11.8 Å². The van der Waals surface area contributed by atoms with Gasteiger partial charge >= 0.3 is 0 Å². The molecule has 0 bridgehead atoms. The number of hydrogen-bond acceptors (Lipinski definition) is 5. The van der Waals surface area contributed by atoms with Crippen LogP contribution in [0.25, 0.3) is 11.4 Å². The zero-order chi connectivity index (χ0) is 20.9. The first kappa shape index (κ1) is 21.2. The second kappa shape index (κ2) is 9.83. The van der Waals surface area contributed by atoms with Gasteiger partial charge in [0.05, 0.1) is 18.4 Å². The van der Waals surface area contributed by atoms with Crippen molar-refractivity contribution in [2.24, 2.45) is 0 Å². The van der Waals surface area contributed by atoms with Gasteiger partial charge in [-0.2, -0.15) is 0 Å². The average Bonchev–Trinajstić information content (AvgIpc) is 3.38. The van der Waals surface area contributed by atoms with Crippen LogP contribution in [-0.4, -0.2) is 39.1 Å². The number of benzene rings is 2. The number of thioether (sulfide) groups is 1. The first-order chi connectivity index (χ1) is 14.6. The van der Waals surface area contributed by atoms with E-state index in [1.807, 2.05) is 28.8 Å². The summed E-state index contributed by atoms with van der Waals surface area (Å²) in [5.41, 5.74) is 1.58. The molecule has 9 heteroatoms. The molecule has 1 N–H and O–H groups in total. The number of nitrogens with one attached hydrogen (secondary N) is 1. The molecular formula is C21H20Cl2N4O2S. The number of ether oxygens (including phenoxy) is 1. The van der Waals surface area contributed by atoms with E-state index in [4.69, 9.17) is 27.9 Å². The summed E-state index contributed by atoms with van der Waals surface area (Å²) < 4.78 is 7.83. The molecule has 0 saturated carbocycles. The van der Waals surface area contributed by atoms with Crippen LogP contribution in [0.2, 0.25) is 10.0 Å². The van der Waals surface area contributed by atoms with Gasteiger partial charge in [-0.15, -0.1) is 10.2 Å². The topological polar surface area (TPSA) is 69.0 Å². The highest BCUT2D eigenvalue weighted by atomic mass is 35.5. The summed E-state index contributed by atoms with van der Waals surface area (Å²) in [7, 11) is 0. The molecule has 3 aromatic rings. The van der Waals surface area contributed by atoms with Crippen LogP contribution in [0.1, 0.15) is 12.8 Å². The molecule has 1 aromatic heterocycles. The van der Waals surface area contributed by atoms with E-state index in [1.54, 1.807) is 24.3 Å². The molecule has 156 valence electrons. The van der Waals surface area contributed by atoms with Crippen molar-refractivity contribution in [1.29, 1.82) is 0 Å². The van der Waals surface area contributed by atoms with Crippen LogP contribution in [0.5, 0.6) is 0 Å². The number of anilines is 1. The Morgan fingerprint density at radius 1 is 1.17 bits per heavy atom. The fourth-order valence-electron chi connectivity index (χ4n) is 3.26. The molecule has 1 aliphatic heterocycles. The van der Waals surface area contributed by atoms with Crippen LogP contribution in [0.3, 0.4) is 0 Å². The molecular weight excluding hydrogens is 443 g/mol. The van der Waals surface area contributed by atoms with Gasteiger partial charge in [-0.1, -0.05) is 41.0 Å². The van der Waals surface area contributed by atoms with Gasteiger partial charge in [0, 0.05) is 27.9 Å². The van der Waals surface area contributed by atoms with E-state index in [9.17, 15) is 4.79 Å². The van der Waals surface area contributed by atoms with Crippen molar-refractivity contribution >= 4 is 46.6 Å². The van der Waals surface area contributed by atoms with Crippen LogP contribution in [0.4, 0.5) is 5.69 Å². The summed E-state index contributed by atoms with van der Waals surface area (Å²) in [6.07, 6.45) is 2.16. The second-order valence-corrected chi connectivity index (χ2v) is 8.72. The van der Waals surface area contributed by atoms with Crippen molar-refractivity contribution in [3.05, 3.63) is 58.6 Å². The molecule has 1 atom stereocenters. The van der Waals surface area contributed by atoms with Crippen LogP contribution < -0.4 is 5.32 Å². The van der Waals surface area contributed by atoms with Crippen molar-refractivity contribution in [3.8, 4) is 11.4 Å². The number of aromatic nitrogens is 3. The van der Waals surface area contributed by atoms with Crippen LogP contribution in [0, 0.1) is 0 Å². The largest absolute Gasteiger partial charge is 0.376 e. The van der Waals surface area contributed by atoms with Gasteiger partial charge in [-0.05, 0) is 55.3 Å². The minimum Gasteiger partial charge on any atom is -0.376 e. The summed E-state index contributed by atoms with van der Waals surface area (Å²) in [5, 5.41) is 13.5. The quantitative estimate of drug-likeness (QED) is 0.490. The Balaban J connectivity index is 1.50. The Hall–Kier alpha value is -2.06. The maximum absolute atomic E-state index is 12.4.